The van der Waals surface area contributed by atoms with Gasteiger partial charge in [-0.1, -0.05) is 18.2 Å². The largest absolute Gasteiger partial charge is 0.417 e. The number of anilines is 1. The Balaban J connectivity index is 1.64. The molecule has 0 radical (unpaired) electrons. The van der Waals surface area contributed by atoms with E-state index in [0.717, 1.165) is 23.6 Å². The first kappa shape index (κ1) is 15.1. The molecule has 118 valence electrons. The van der Waals surface area contributed by atoms with E-state index in [1.54, 1.807) is 17.1 Å². The van der Waals surface area contributed by atoms with Gasteiger partial charge >= 0.3 is 6.18 Å². The van der Waals surface area contributed by atoms with Crippen molar-refractivity contribution in [2.24, 2.45) is 0 Å². The van der Waals surface area contributed by atoms with Crippen molar-refractivity contribution in [3.05, 3.63) is 72.3 Å². The maximum absolute atomic E-state index is 12.5. The van der Waals surface area contributed by atoms with Crippen LogP contribution in [0, 0.1) is 0 Å². The standard InChI is InChI=1S/C16H13F3N4/c17-16(18,19)12-6-7-13(20-8-12)9-21-14-10-22-23(11-14)15-4-2-1-3-5-15/h1-8,10-11,21H,9H2. The minimum atomic E-state index is -4.37. The molecule has 2 aromatic heterocycles. The molecule has 1 N–H and O–H groups in total. The van der Waals surface area contributed by atoms with Crippen LogP contribution < -0.4 is 5.32 Å². The van der Waals surface area contributed by atoms with Gasteiger partial charge in [0.1, 0.15) is 0 Å². The lowest BCUT2D eigenvalue weighted by molar-refractivity contribution is -0.137. The summed E-state index contributed by atoms with van der Waals surface area (Å²) in [7, 11) is 0. The van der Waals surface area contributed by atoms with E-state index in [4.69, 9.17) is 0 Å². The second-order valence-electron chi connectivity index (χ2n) is 4.90. The lowest BCUT2D eigenvalue weighted by Gasteiger charge is -2.07. The average molecular weight is 318 g/mol. The molecule has 7 heteroatoms. The third kappa shape index (κ3) is 3.68. The molecule has 1 aromatic carbocycles. The fourth-order valence-corrected chi connectivity index (χ4v) is 2.03. The number of pyridine rings is 1. The summed E-state index contributed by atoms with van der Waals surface area (Å²) in [4.78, 5) is 3.82. The zero-order valence-corrected chi connectivity index (χ0v) is 12.0. The number of benzene rings is 1. The predicted molar refractivity (Wildman–Crippen MR) is 80.1 cm³/mol. The summed E-state index contributed by atoms with van der Waals surface area (Å²) < 4.78 is 39.1. The third-order valence-corrected chi connectivity index (χ3v) is 3.23. The van der Waals surface area contributed by atoms with E-state index in [1.165, 1.54) is 6.07 Å². The number of rotatable bonds is 4. The molecule has 0 aliphatic carbocycles. The first-order chi connectivity index (χ1) is 11.0. The molecule has 0 saturated heterocycles. The molecule has 3 aromatic rings. The van der Waals surface area contributed by atoms with E-state index >= 15 is 0 Å². The SMILES string of the molecule is FC(F)(F)c1ccc(CNc2cnn(-c3ccccc3)c2)nc1. The van der Waals surface area contributed by atoms with Gasteiger partial charge in [-0.05, 0) is 24.3 Å². The molecule has 23 heavy (non-hydrogen) atoms. The van der Waals surface area contributed by atoms with Crippen LogP contribution in [-0.4, -0.2) is 14.8 Å². The van der Waals surface area contributed by atoms with Crippen molar-refractivity contribution < 1.29 is 13.2 Å². The van der Waals surface area contributed by atoms with Gasteiger partial charge in [0.15, 0.2) is 0 Å². The fourth-order valence-electron chi connectivity index (χ4n) is 2.03. The first-order valence-electron chi connectivity index (χ1n) is 6.88. The van der Waals surface area contributed by atoms with E-state index in [9.17, 15) is 13.2 Å². The molecule has 4 nitrogen and oxygen atoms in total. The summed E-state index contributed by atoms with van der Waals surface area (Å²) in [6.45, 7) is 0.318. The zero-order chi connectivity index (χ0) is 16.3. The molecule has 0 aliphatic rings. The average Bonchev–Trinajstić information content (AvgIpc) is 3.02. The van der Waals surface area contributed by atoms with Gasteiger partial charge in [0.25, 0.3) is 0 Å². The molecule has 0 bridgehead atoms. The second-order valence-corrected chi connectivity index (χ2v) is 4.90. The van der Waals surface area contributed by atoms with E-state index in [1.807, 2.05) is 30.3 Å². The Bertz CT molecular complexity index is 764. The number of nitrogens with zero attached hydrogens (tertiary/aromatic N) is 3. The predicted octanol–water partition coefficient (Wildman–Crippen LogP) is 3.90. The molecule has 0 atom stereocenters. The number of alkyl halides is 3. The fraction of sp³-hybridized carbons (Fsp3) is 0.125. The monoisotopic (exact) mass is 318 g/mol. The van der Waals surface area contributed by atoms with Crippen LogP contribution in [0.25, 0.3) is 5.69 Å². The van der Waals surface area contributed by atoms with Gasteiger partial charge in [-0.25, -0.2) is 4.68 Å². The van der Waals surface area contributed by atoms with Crippen molar-refractivity contribution >= 4 is 5.69 Å². The van der Waals surface area contributed by atoms with Gasteiger partial charge in [-0.2, -0.15) is 18.3 Å². The van der Waals surface area contributed by atoms with Crippen molar-refractivity contribution in [2.75, 3.05) is 5.32 Å². The number of aromatic nitrogens is 3. The Labute approximate surface area is 130 Å². The number of para-hydroxylation sites is 1. The Morgan fingerprint density at radius 1 is 1.00 bits per heavy atom. The molecule has 0 amide bonds. The molecule has 0 aliphatic heterocycles. The third-order valence-electron chi connectivity index (χ3n) is 3.23. The normalized spacial score (nSPS) is 11.4. The van der Waals surface area contributed by atoms with Crippen molar-refractivity contribution in [1.82, 2.24) is 14.8 Å². The Morgan fingerprint density at radius 3 is 2.43 bits per heavy atom. The minimum Gasteiger partial charge on any atom is -0.377 e. The Hall–Kier alpha value is -2.83. The molecule has 0 spiro atoms. The highest BCUT2D eigenvalue weighted by atomic mass is 19.4. The second kappa shape index (κ2) is 6.12. The van der Waals surface area contributed by atoms with Crippen LogP contribution in [-0.2, 0) is 12.7 Å². The van der Waals surface area contributed by atoms with Crippen LogP contribution in [0.4, 0.5) is 18.9 Å². The van der Waals surface area contributed by atoms with Crippen molar-refractivity contribution in [3.63, 3.8) is 0 Å². The van der Waals surface area contributed by atoms with Gasteiger partial charge in [0.2, 0.25) is 0 Å². The molecule has 0 saturated carbocycles. The number of hydrogen-bond acceptors (Lipinski definition) is 3. The highest BCUT2D eigenvalue weighted by Crippen LogP contribution is 2.28. The maximum atomic E-state index is 12.5. The first-order valence-corrected chi connectivity index (χ1v) is 6.88. The smallest absolute Gasteiger partial charge is 0.377 e. The van der Waals surface area contributed by atoms with Gasteiger partial charge in [-0.3, -0.25) is 4.98 Å². The molecule has 0 fully saturated rings. The van der Waals surface area contributed by atoms with Crippen LogP contribution in [0.15, 0.2) is 61.1 Å². The van der Waals surface area contributed by atoms with Crippen molar-refractivity contribution in [3.8, 4) is 5.69 Å². The summed E-state index contributed by atoms with van der Waals surface area (Å²) in [5.41, 5.74) is 1.45. The Morgan fingerprint density at radius 2 is 1.78 bits per heavy atom. The highest BCUT2D eigenvalue weighted by molar-refractivity contribution is 5.42. The van der Waals surface area contributed by atoms with Crippen molar-refractivity contribution in [2.45, 2.75) is 12.7 Å². The lowest BCUT2D eigenvalue weighted by atomic mass is 10.2. The topological polar surface area (TPSA) is 42.7 Å². The summed E-state index contributed by atoms with van der Waals surface area (Å²) in [6.07, 6.45) is -0.0727. The molecular weight excluding hydrogens is 305 g/mol. The van der Waals surface area contributed by atoms with E-state index in [0.29, 0.717) is 12.2 Å². The molecule has 3 rings (SSSR count). The minimum absolute atomic E-state index is 0.318. The van der Waals surface area contributed by atoms with Crippen molar-refractivity contribution in [1.29, 1.82) is 0 Å². The molecule has 2 heterocycles. The number of nitrogens with one attached hydrogen (secondary N) is 1. The van der Waals surface area contributed by atoms with E-state index < -0.39 is 11.7 Å². The quantitative estimate of drug-likeness (QED) is 0.793. The molecule has 0 unspecified atom stereocenters. The van der Waals surface area contributed by atoms with Gasteiger partial charge in [0, 0.05) is 6.20 Å². The van der Waals surface area contributed by atoms with Crippen LogP contribution in [0.1, 0.15) is 11.3 Å². The van der Waals surface area contributed by atoms with Crippen LogP contribution >= 0.6 is 0 Å². The van der Waals surface area contributed by atoms with Gasteiger partial charge < -0.3 is 5.32 Å². The summed E-state index contributed by atoms with van der Waals surface area (Å²) in [5, 5.41) is 7.31. The van der Waals surface area contributed by atoms with Crippen LogP contribution in [0.2, 0.25) is 0 Å². The van der Waals surface area contributed by atoms with Gasteiger partial charge in [-0.15, -0.1) is 0 Å². The summed E-state index contributed by atoms with van der Waals surface area (Å²) in [6, 6.07) is 12.0. The van der Waals surface area contributed by atoms with E-state index in [-0.39, 0.29) is 0 Å². The van der Waals surface area contributed by atoms with Crippen LogP contribution in [0.3, 0.4) is 0 Å². The van der Waals surface area contributed by atoms with E-state index in [2.05, 4.69) is 15.4 Å². The zero-order valence-electron chi connectivity index (χ0n) is 12.0. The highest BCUT2D eigenvalue weighted by Gasteiger charge is 2.30. The van der Waals surface area contributed by atoms with Crippen LogP contribution in [0.5, 0.6) is 0 Å². The number of hydrogen-bond donors (Lipinski definition) is 1. The number of halogens is 3. The lowest BCUT2D eigenvalue weighted by Crippen LogP contribution is -2.07. The van der Waals surface area contributed by atoms with Gasteiger partial charge in [0.05, 0.1) is 41.6 Å². The Kier molecular flexibility index (Phi) is 4.01. The maximum Gasteiger partial charge on any atom is 0.417 e. The molecular formula is C16H13F3N4. The summed E-state index contributed by atoms with van der Waals surface area (Å²) in [5.74, 6) is 0. The summed E-state index contributed by atoms with van der Waals surface area (Å²) >= 11 is 0.